The number of thiophene rings is 1. The summed E-state index contributed by atoms with van der Waals surface area (Å²) in [6, 6.07) is 10.7. The number of ether oxygens (including phenoxy) is 1. The summed E-state index contributed by atoms with van der Waals surface area (Å²) in [7, 11) is 0. The van der Waals surface area contributed by atoms with E-state index in [-0.39, 0.29) is 11.9 Å². The van der Waals surface area contributed by atoms with Gasteiger partial charge in [0.1, 0.15) is 11.6 Å². The fourth-order valence-electron chi connectivity index (χ4n) is 3.01. The summed E-state index contributed by atoms with van der Waals surface area (Å²) >= 11 is 7.52. The van der Waals surface area contributed by atoms with Crippen molar-refractivity contribution in [1.82, 2.24) is 14.9 Å². The predicted molar refractivity (Wildman–Crippen MR) is 97.3 cm³/mol. The summed E-state index contributed by atoms with van der Waals surface area (Å²) in [4.78, 5) is 11.1. The van der Waals surface area contributed by atoms with Crippen molar-refractivity contribution in [3.05, 3.63) is 64.1 Å². The van der Waals surface area contributed by atoms with E-state index in [0.29, 0.717) is 25.3 Å². The minimum atomic E-state index is -0.180. The first-order valence-corrected chi connectivity index (χ1v) is 9.26. The summed E-state index contributed by atoms with van der Waals surface area (Å²) < 4.78 is 20.4. The number of hydrogen-bond donors (Lipinski definition) is 1. The standard InChI is InChI=1S/C18H17ClFN3OS/c19-17-6-5-16(25-17)14-9-21-18(22-14)15-11-24-8-7-23(15)10-12-3-1-2-4-13(12)20/h1-6,9,15H,7-8,10-11H2,(H,21,22)/t15-/m0/s1. The molecule has 130 valence electrons. The number of morpholine rings is 1. The van der Waals surface area contributed by atoms with Crippen molar-refractivity contribution < 1.29 is 9.13 Å². The molecule has 1 aliphatic heterocycles. The average molecular weight is 378 g/mol. The van der Waals surface area contributed by atoms with Crippen LogP contribution in [0.5, 0.6) is 0 Å². The topological polar surface area (TPSA) is 41.1 Å². The summed E-state index contributed by atoms with van der Waals surface area (Å²) in [5.74, 6) is 0.650. The van der Waals surface area contributed by atoms with Gasteiger partial charge >= 0.3 is 0 Å². The van der Waals surface area contributed by atoms with Crippen LogP contribution in [-0.4, -0.2) is 34.6 Å². The highest BCUT2D eigenvalue weighted by atomic mass is 35.5. The molecule has 3 aromatic rings. The van der Waals surface area contributed by atoms with E-state index in [9.17, 15) is 4.39 Å². The van der Waals surface area contributed by atoms with Crippen LogP contribution < -0.4 is 0 Å². The van der Waals surface area contributed by atoms with Crippen LogP contribution in [0.25, 0.3) is 10.6 Å². The Balaban J connectivity index is 1.57. The highest BCUT2D eigenvalue weighted by Crippen LogP contribution is 2.32. The van der Waals surface area contributed by atoms with Gasteiger partial charge in [-0.05, 0) is 18.2 Å². The monoisotopic (exact) mass is 377 g/mol. The summed E-state index contributed by atoms with van der Waals surface area (Å²) in [6.07, 6.45) is 1.81. The summed E-state index contributed by atoms with van der Waals surface area (Å²) in [5.41, 5.74) is 1.62. The van der Waals surface area contributed by atoms with Gasteiger partial charge in [0.05, 0.1) is 40.4 Å². The maximum Gasteiger partial charge on any atom is 0.127 e. The maximum atomic E-state index is 14.0. The highest BCUT2D eigenvalue weighted by molar-refractivity contribution is 7.19. The van der Waals surface area contributed by atoms with E-state index in [1.807, 2.05) is 30.5 Å². The van der Waals surface area contributed by atoms with E-state index in [4.69, 9.17) is 16.3 Å². The van der Waals surface area contributed by atoms with Gasteiger partial charge < -0.3 is 9.72 Å². The number of nitrogens with one attached hydrogen (secondary N) is 1. The molecule has 4 rings (SSSR count). The van der Waals surface area contributed by atoms with Crippen molar-refractivity contribution >= 4 is 22.9 Å². The normalized spacial score (nSPS) is 18.6. The van der Waals surface area contributed by atoms with Gasteiger partial charge in [-0.3, -0.25) is 4.90 Å². The van der Waals surface area contributed by atoms with Crippen LogP contribution in [0.1, 0.15) is 17.4 Å². The molecule has 1 fully saturated rings. The third kappa shape index (κ3) is 3.62. The van der Waals surface area contributed by atoms with Crippen LogP contribution in [0.15, 0.2) is 42.6 Å². The Morgan fingerprint density at radius 1 is 1.32 bits per heavy atom. The van der Waals surface area contributed by atoms with Gasteiger partial charge in [-0.2, -0.15) is 0 Å². The Morgan fingerprint density at radius 2 is 2.20 bits per heavy atom. The quantitative estimate of drug-likeness (QED) is 0.727. The lowest BCUT2D eigenvalue weighted by Crippen LogP contribution is -2.39. The van der Waals surface area contributed by atoms with Crippen LogP contribution in [0.4, 0.5) is 4.39 Å². The zero-order valence-electron chi connectivity index (χ0n) is 13.4. The molecule has 0 radical (unpaired) electrons. The number of benzene rings is 1. The van der Waals surface area contributed by atoms with E-state index in [0.717, 1.165) is 27.3 Å². The molecule has 4 nitrogen and oxygen atoms in total. The number of H-pyrrole nitrogens is 1. The number of aromatic nitrogens is 2. The average Bonchev–Trinajstić information content (AvgIpc) is 3.26. The van der Waals surface area contributed by atoms with Crippen molar-refractivity contribution in [1.29, 1.82) is 0 Å². The van der Waals surface area contributed by atoms with Crippen LogP contribution in [0.3, 0.4) is 0 Å². The van der Waals surface area contributed by atoms with Gasteiger partial charge in [-0.1, -0.05) is 29.8 Å². The van der Waals surface area contributed by atoms with Gasteiger partial charge in [0, 0.05) is 18.7 Å². The molecule has 0 aliphatic carbocycles. The van der Waals surface area contributed by atoms with Gasteiger partial charge in [0.25, 0.3) is 0 Å². The first-order valence-electron chi connectivity index (χ1n) is 8.06. The second-order valence-electron chi connectivity index (χ2n) is 5.94. The third-order valence-electron chi connectivity index (χ3n) is 4.32. The molecule has 1 aliphatic rings. The molecule has 3 heterocycles. The Hall–Kier alpha value is -1.73. The second kappa shape index (κ2) is 7.25. The minimum Gasteiger partial charge on any atom is -0.378 e. The van der Waals surface area contributed by atoms with E-state index in [2.05, 4.69) is 14.9 Å². The molecule has 0 amide bonds. The zero-order valence-corrected chi connectivity index (χ0v) is 15.0. The summed E-state index contributed by atoms with van der Waals surface area (Å²) in [5, 5.41) is 0. The largest absolute Gasteiger partial charge is 0.378 e. The fraction of sp³-hybridized carbons (Fsp3) is 0.278. The van der Waals surface area contributed by atoms with Crippen molar-refractivity contribution in [3.8, 4) is 10.6 Å². The lowest BCUT2D eigenvalue weighted by Gasteiger charge is -2.34. The van der Waals surface area contributed by atoms with Crippen molar-refractivity contribution in [2.75, 3.05) is 19.8 Å². The zero-order chi connectivity index (χ0) is 17.2. The van der Waals surface area contributed by atoms with Gasteiger partial charge in [0.15, 0.2) is 0 Å². The number of aromatic amines is 1. The maximum absolute atomic E-state index is 14.0. The Labute approximate surface area is 154 Å². The molecule has 7 heteroatoms. The third-order valence-corrected chi connectivity index (χ3v) is 5.58. The molecular weight excluding hydrogens is 361 g/mol. The SMILES string of the molecule is Fc1ccccc1CN1CCOC[C@H]1c1ncc(-c2ccc(Cl)s2)[nH]1. The summed E-state index contributed by atoms with van der Waals surface area (Å²) in [6.45, 7) is 2.44. The van der Waals surface area contributed by atoms with E-state index in [1.54, 1.807) is 6.07 Å². The van der Waals surface area contributed by atoms with Crippen LogP contribution in [0, 0.1) is 5.82 Å². The van der Waals surface area contributed by atoms with Crippen LogP contribution in [0.2, 0.25) is 4.34 Å². The van der Waals surface area contributed by atoms with Gasteiger partial charge in [-0.25, -0.2) is 9.37 Å². The van der Waals surface area contributed by atoms with Crippen LogP contribution >= 0.6 is 22.9 Å². The van der Waals surface area contributed by atoms with Gasteiger partial charge in [-0.15, -0.1) is 11.3 Å². The molecule has 0 unspecified atom stereocenters. The molecule has 0 spiro atoms. The Morgan fingerprint density at radius 3 is 3.00 bits per heavy atom. The van der Waals surface area contributed by atoms with E-state index >= 15 is 0 Å². The van der Waals surface area contributed by atoms with Crippen LogP contribution in [-0.2, 0) is 11.3 Å². The Kier molecular flexibility index (Phi) is 4.85. The second-order valence-corrected chi connectivity index (χ2v) is 7.65. The number of nitrogens with zero attached hydrogens (tertiary/aromatic N) is 2. The first kappa shape index (κ1) is 16.7. The lowest BCUT2D eigenvalue weighted by molar-refractivity contribution is -0.0160. The van der Waals surface area contributed by atoms with E-state index < -0.39 is 0 Å². The molecule has 25 heavy (non-hydrogen) atoms. The number of imidazole rings is 1. The predicted octanol–water partition coefficient (Wildman–Crippen LogP) is 4.50. The number of halogens is 2. The molecule has 0 bridgehead atoms. The van der Waals surface area contributed by atoms with Crippen molar-refractivity contribution in [3.63, 3.8) is 0 Å². The molecule has 1 saturated heterocycles. The fourth-order valence-corrected chi connectivity index (χ4v) is 4.02. The van der Waals surface area contributed by atoms with Crippen molar-refractivity contribution in [2.45, 2.75) is 12.6 Å². The molecule has 1 aromatic carbocycles. The molecule has 0 saturated carbocycles. The smallest absolute Gasteiger partial charge is 0.127 e. The molecule has 1 atom stereocenters. The highest BCUT2D eigenvalue weighted by Gasteiger charge is 2.27. The minimum absolute atomic E-state index is 0.0301. The Bertz CT molecular complexity index is 865. The van der Waals surface area contributed by atoms with E-state index in [1.165, 1.54) is 17.4 Å². The van der Waals surface area contributed by atoms with Gasteiger partial charge in [0.2, 0.25) is 0 Å². The number of hydrogen-bond acceptors (Lipinski definition) is 4. The lowest BCUT2D eigenvalue weighted by atomic mass is 10.1. The van der Waals surface area contributed by atoms with Crippen molar-refractivity contribution in [2.24, 2.45) is 0 Å². The molecule has 1 N–H and O–H groups in total. The molecular formula is C18H17ClFN3OS. The molecule has 2 aromatic heterocycles. The number of rotatable bonds is 4. The first-order chi connectivity index (χ1) is 12.2.